The molecule has 0 radical (unpaired) electrons. The van der Waals surface area contributed by atoms with Crippen LogP contribution in [0.1, 0.15) is 43.4 Å². The third kappa shape index (κ3) is 3.80. The Balaban J connectivity index is 1.72. The molecule has 2 heterocycles. The number of hydrogen-bond acceptors (Lipinski definition) is 4. The van der Waals surface area contributed by atoms with Crippen LogP contribution in [0, 0.1) is 0 Å². The lowest BCUT2D eigenvalue weighted by molar-refractivity contribution is -0.138. The van der Waals surface area contributed by atoms with Gasteiger partial charge in [0.1, 0.15) is 12.1 Å². The molecular formula is C21H25N3O3S. The van der Waals surface area contributed by atoms with Gasteiger partial charge in [0.15, 0.2) is 0 Å². The predicted octanol–water partition coefficient (Wildman–Crippen LogP) is 3.30. The van der Waals surface area contributed by atoms with Crippen molar-refractivity contribution in [3.05, 3.63) is 57.8 Å². The summed E-state index contributed by atoms with van der Waals surface area (Å²) in [6, 6.07) is 9.06. The van der Waals surface area contributed by atoms with Gasteiger partial charge in [-0.2, -0.15) is 11.3 Å². The van der Waals surface area contributed by atoms with Crippen LogP contribution in [0.2, 0.25) is 0 Å². The average Bonchev–Trinajstić information content (AvgIpc) is 3.24. The fourth-order valence-corrected chi connectivity index (χ4v) is 3.90. The van der Waals surface area contributed by atoms with Crippen molar-refractivity contribution in [2.75, 3.05) is 13.6 Å². The fourth-order valence-electron chi connectivity index (χ4n) is 3.24. The normalized spacial score (nSPS) is 19.2. The molecule has 1 aromatic carbocycles. The predicted molar refractivity (Wildman–Crippen MR) is 109 cm³/mol. The summed E-state index contributed by atoms with van der Waals surface area (Å²) < 4.78 is 0. The van der Waals surface area contributed by atoms with Gasteiger partial charge in [0.25, 0.3) is 5.91 Å². The zero-order valence-electron chi connectivity index (χ0n) is 16.6. The van der Waals surface area contributed by atoms with Crippen molar-refractivity contribution in [2.45, 2.75) is 38.8 Å². The molecule has 3 rings (SSSR count). The van der Waals surface area contributed by atoms with E-state index in [4.69, 9.17) is 0 Å². The van der Waals surface area contributed by atoms with E-state index in [0.29, 0.717) is 18.0 Å². The standard InChI is InChI=1S/C21H25N3O3S/c1-14(2)16-5-7-17(8-6-16)21(3)19(26)24(20(27)22-21)12-18(25)23(4)11-15-9-10-28-13-15/h5-10,13-14H,11-12H2,1-4H3,(H,22,27)/t21-/m1/s1. The Morgan fingerprint density at radius 2 is 1.89 bits per heavy atom. The molecule has 0 unspecified atom stereocenters. The lowest BCUT2D eigenvalue weighted by Crippen LogP contribution is -2.43. The van der Waals surface area contributed by atoms with Crippen LogP contribution < -0.4 is 5.32 Å². The Hall–Kier alpha value is -2.67. The van der Waals surface area contributed by atoms with Gasteiger partial charge in [0.05, 0.1) is 0 Å². The zero-order valence-corrected chi connectivity index (χ0v) is 17.4. The monoisotopic (exact) mass is 399 g/mol. The van der Waals surface area contributed by atoms with Crippen LogP contribution in [-0.4, -0.2) is 41.2 Å². The lowest BCUT2D eigenvalue weighted by atomic mass is 9.90. The van der Waals surface area contributed by atoms with E-state index < -0.39 is 17.5 Å². The molecule has 28 heavy (non-hydrogen) atoms. The van der Waals surface area contributed by atoms with Crippen LogP contribution >= 0.6 is 11.3 Å². The maximum Gasteiger partial charge on any atom is 0.325 e. The van der Waals surface area contributed by atoms with Crippen molar-refractivity contribution in [2.24, 2.45) is 0 Å². The molecule has 0 spiro atoms. The van der Waals surface area contributed by atoms with Gasteiger partial charge in [-0.1, -0.05) is 38.1 Å². The van der Waals surface area contributed by atoms with Gasteiger partial charge < -0.3 is 10.2 Å². The molecule has 4 amide bonds. The second-order valence-electron chi connectivity index (χ2n) is 7.60. The number of nitrogens with one attached hydrogen (secondary N) is 1. The maximum atomic E-state index is 13.0. The van der Waals surface area contributed by atoms with Gasteiger partial charge >= 0.3 is 6.03 Å². The number of imide groups is 1. The van der Waals surface area contributed by atoms with Gasteiger partial charge in [-0.3, -0.25) is 14.5 Å². The Labute approximate surface area is 169 Å². The van der Waals surface area contributed by atoms with E-state index in [9.17, 15) is 14.4 Å². The summed E-state index contributed by atoms with van der Waals surface area (Å²) >= 11 is 1.56. The number of urea groups is 1. The minimum absolute atomic E-state index is 0.273. The molecule has 0 saturated carbocycles. The average molecular weight is 400 g/mol. The van der Waals surface area contributed by atoms with E-state index >= 15 is 0 Å². The second kappa shape index (κ2) is 7.75. The molecule has 1 aromatic heterocycles. The smallest absolute Gasteiger partial charge is 0.325 e. The second-order valence-corrected chi connectivity index (χ2v) is 8.38. The quantitative estimate of drug-likeness (QED) is 0.758. The molecule has 0 bridgehead atoms. The molecule has 6 nitrogen and oxygen atoms in total. The highest BCUT2D eigenvalue weighted by Gasteiger charge is 2.49. The third-order valence-corrected chi connectivity index (χ3v) is 5.88. The van der Waals surface area contributed by atoms with Gasteiger partial charge in [-0.25, -0.2) is 4.79 Å². The van der Waals surface area contributed by atoms with E-state index in [-0.39, 0.29) is 12.5 Å². The molecule has 1 aliphatic rings. The summed E-state index contributed by atoms with van der Waals surface area (Å²) in [4.78, 5) is 40.5. The third-order valence-electron chi connectivity index (χ3n) is 5.15. The largest absolute Gasteiger partial charge is 0.340 e. The first-order valence-electron chi connectivity index (χ1n) is 9.22. The molecule has 7 heteroatoms. The summed E-state index contributed by atoms with van der Waals surface area (Å²) in [5.41, 5.74) is 1.72. The summed E-state index contributed by atoms with van der Waals surface area (Å²) in [6.07, 6.45) is 0. The summed E-state index contributed by atoms with van der Waals surface area (Å²) in [5, 5.41) is 6.67. The van der Waals surface area contributed by atoms with Crippen molar-refractivity contribution in [3.63, 3.8) is 0 Å². The van der Waals surface area contributed by atoms with E-state index in [1.807, 2.05) is 41.1 Å². The minimum Gasteiger partial charge on any atom is -0.340 e. The Bertz CT molecular complexity index is 877. The number of amides is 4. The number of rotatable bonds is 6. The highest BCUT2D eigenvalue weighted by molar-refractivity contribution is 7.07. The van der Waals surface area contributed by atoms with Crippen LogP contribution in [0.3, 0.4) is 0 Å². The van der Waals surface area contributed by atoms with E-state index in [2.05, 4.69) is 19.2 Å². The van der Waals surface area contributed by atoms with Crippen LogP contribution in [-0.2, 0) is 21.7 Å². The molecule has 1 atom stereocenters. The van der Waals surface area contributed by atoms with Gasteiger partial charge in [-0.15, -0.1) is 0 Å². The number of carbonyl (C=O) groups excluding carboxylic acids is 3. The molecule has 2 aromatic rings. The van der Waals surface area contributed by atoms with Crippen LogP contribution in [0.15, 0.2) is 41.1 Å². The van der Waals surface area contributed by atoms with Crippen LogP contribution in [0.4, 0.5) is 4.79 Å². The number of benzene rings is 1. The Morgan fingerprint density at radius 1 is 1.21 bits per heavy atom. The van der Waals surface area contributed by atoms with E-state index in [0.717, 1.165) is 16.0 Å². The first-order chi connectivity index (χ1) is 13.2. The van der Waals surface area contributed by atoms with Crippen LogP contribution in [0.25, 0.3) is 0 Å². The molecule has 1 fully saturated rings. The number of nitrogens with zero attached hydrogens (tertiary/aromatic N) is 2. The van der Waals surface area contributed by atoms with Crippen molar-refractivity contribution in [1.29, 1.82) is 0 Å². The highest BCUT2D eigenvalue weighted by atomic mass is 32.1. The first kappa shape index (κ1) is 20.1. The summed E-state index contributed by atoms with van der Waals surface area (Å²) in [5.74, 6) is -0.315. The fraction of sp³-hybridized carbons (Fsp3) is 0.381. The van der Waals surface area contributed by atoms with Crippen molar-refractivity contribution < 1.29 is 14.4 Å². The van der Waals surface area contributed by atoms with Crippen molar-refractivity contribution in [3.8, 4) is 0 Å². The van der Waals surface area contributed by atoms with E-state index in [1.54, 1.807) is 25.3 Å². The Kier molecular flexibility index (Phi) is 5.56. The number of thiophene rings is 1. The molecule has 148 valence electrons. The molecule has 1 N–H and O–H groups in total. The van der Waals surface area contributed by atoms with E-state index in [1.165, 1.54) is 4.90 Å². The summed E-state index contributed by atoms with van der Waals surface area (Å²) in [7, 11) is 1.67. The number of hydrogen-bond donors (Lipinski definition) is 1. The molecule has 1 saturated heterocycles. The number of carbonyl (C=O) groups is 3. The number of likely N-dealkylation sites (N-methyl/N-ethyl adjacent to an activating group) is 1. The highest BCUT2D eigenvalue weighted by Crippen LogP contribution is 2.30. The van der Waals surface area contributed by atoms with Crippen molar-refractivity contribution in [1.82, 2.24) is 15.1 Å². The molecular weight excluding hydrogens is 374 g/mol. The molecule has 0 aliphatic carbocycles. The molecule has 1 aliphatic heterocycles. The minimum atomic E-state index is -1.17. The van der Waals surface area contributed by atoms with Crippen LogP contribution in [0.5, 0.6) is 0 Å². The first-order valence-corrected chi connectivity index (χ1v) is 10.2. The zero-order chi connectivity index (χ0) is 20.5. The van der Waals surface area contributed by atoms with Gasteiger partial charge in [-0.05, 0) is 46.4 Å². The van der Waals surface area contributed by atoms with Gasteiger partial charge in [0, 0.05) is 13.6 Å². The van der Waals surface area contributed by atoms with Gasteiger partial charge in [0.2, 0.25) is 5.91 Å². The Morgan fingerprint density at radius 3 is 2.46 bits per heavy atom. The van der Waals surface area contributed by atoms with Crippen molar-refractivity contribution >= 4 is 29.2 Å². The summed E-state index contributed by atoms with van der Waals surface area (Å²) in [6.45, 7) is 6.04. The topological polar surface area (TPSA) is 69.7 Å². The SMILES string of the molecule is CC(C)c1ccc([C@@]2(C)NC(=O)N(CC(=O)N(C)Cc3ccsc3)C2=O)cc1. The maximum absolute atomic E-state index is 13.0. The lowest BCUT2D eigenvalue weighted by Gasteiger charge is -2.23.